The van der Waals surface area contributed by atoms with Crippen LogP contribution in [0.3, 0.4) is 0 Å². The number of Topliss-reactive ketones (excluding diaryl/α,β-unsaturated/α-hetero) is 4. The van der Waals surface area contributed by atoms with E-state index in [9.17, 15) is 14.7 Å². The third-order valence-electron chi connectivity index (χ3n) is 14.3. The first-order chi connectivity index (χ1) is 24.6. The van der Waals surface area contributed by atoms with Crippen molar-refractivity contribution in [3.8, 4) is 0 Å². The molecule has 0 radical (unpaired) electrons. The Morgan fingerprint density at radius 3 is 1.00 bits per heavy atom. The predicted octanol–water partition coefficient (Wildman–Crippen LogP) is 7.03. The maximum absolute atomic E-state index is 16.3. The third kappa shape index (κ3) is 6.54. The Hall–Kier alpha value is -2.55. The Morgan fingerprint density at radius 1 is 0.471 bits per heavy atom. The summed E-state index contributed by atoms with van der Waals surface area (Å²) in [6.07, 6.45) is 11.8. The van der Waals surface area contributed by atoms with Crippen LogP contribution in [0.15, 0.2) is 0 Å². The summed E-state index contributed by atoms with van der Waals surface area (Å²) >= 11 is 0. The molecule has 6 rings (SSSR count). The van der Waals surface area contributed by atoms with E-state index in [0.717, 1.165) is 25.7 Å². The highest BCUT2D eigenvalue weighted by atomic mass is 16.3. The van der Waals surface area contributed by atoms with Crippen molar-refractivity contribution in [3.05, 3.63) is 0 Å². The molecule has 1 N–H and O–H groups in total. The summed E-state index contributed by atoms with van der Waals surface area (Å²) < 4.78 is 0. The minimum atomic E-state index is -2.99. The quantitative estimate of drug-likeness (QED) is 0.150. The first kappa shape index (κ1) is 38.2. The first-order valence-corrected chi connectivity index (χ1v) is 20.9. The predicted molar refractivity (Wildman–Crippen MR) is 190 cm³/mol. The van der Waals surface area contributed by atoms with Crippen LogP contribution in [0.1, 0.15) is 167 Å². The van der Waals surface area contributed by atoms with Gasteiger partial charge in [0.05, 0.1) is 6.10 Å². The maximum atomic E-state index is 16.3. The van der Waals surface area contributed by atoms with Crippen LogP contribution in [0.4, 0.5) is 0 Å². The molecule has 51 heavy (non-hydrogen) atoms. The van der Waals surface area contributed by atoms with E-state index in [4.69, 9.17) is 0 Å². The van der Waals surface area contributed by atoms with Crippen LogP contribution in [-0.4, -0.2) is 57.0 Å². The normalized spacial score (nSPS) is 24.0. The molecule has 0 aromatic carbocycles. The molecule has 6 aliphatic carbocycles. The fourth-order valence-corrected chi connectivity index (χ4v) is 11.5. The Kier molecular flexibility index (Phi) is 12.1. The lowest BCUT2D eigenvalue weighted by atomic mass is 9.46. The zero-order chi connectivity index (χ0) is 36.3. The number of imide groups is 3. The number of rotatable bonds is 14. The lowest BCUT2D eigenvalue weighted by Crippen LogP contribution is -2.75. The number of ketones is 4. The fourth-order valence-electron chi connectivity index (χ4n) is 11.5. The highest BCUT2D eigenvalue weighted by Gasteiger charge is 2.78. The SMILES string of the molecule is CCC(O)C(C(=O)C1CCCC1)(C(=O)C1CCCC1)C(C(=O)C1CCCC1)(C(=O)C1CCCC1)C(=O)N(C(=O)C1CCCC1)C(=O)C1CCCC1. The monoisotopic (exact) mass is 707 g/mol. The summed E-state index contributed by atoms with van der Waals surface area (Å²) in [5.74, 6) is -9.98. The van der Waals surface area contributed by atoms with Crippen molar-refractivity contribution in [3.63, 3.8) is 0 Å². The summed E-state index contributed by atoms with van der Waals surface area (Å²) in [5, 5.41) is 12.6. The van der Waals surface area contributed by atoms with Crippen LogP contribution in [0, 0.1) is 46.3 Å². The van der Waals surface area contributed by atoms with Crippen molar-refractivity contribution >= 4 is 40.9 Å². The molecule has 6 fully saturated rings. The molecule has 1 unspecified atom stereocenters. The van der Waals surface area contributed by atoms with Gasteiger partial charge in [-0.15, -0.1) is 0 Å². The van der Waals surface area contributed by atoms with E-state index in [2.05, 4.69) is 0 Å². The number of carbonyl (C=O) groups excluding carboxylic acids is 7. The number of aliphatic hydroxyl groups excluding tert-OH is 1. The number of aliphatic hydroxyl groups is 1. The molecule has 6 aliphatic rings. The fraction of sp³-hybridized carbons (Fsp3) is 0.833. The summed E-state index contributed by atoms with van der Waals surface area (Å²) in [5.41, 5.74) is -5.71. The van der Waals surface area contributed by atoms with E-state index < -0.39 is 93.3 Å². The van der Waals surface area contributed by atoms with E-state index in [1.54, 1.807) is 6.92 Å². The minimum Gasteiger partial charge on any atom is -0.392 e. The number of hydrogen-bond donors (Lipinski definition) is 1. The van der Waals surface area contributed by atoms with Crippen LogP contribution in [-0.2, 0) is 33.6 Å². The van der Waals surface area contributed by atoms with Gasteiger partial charge in [-0.05, 0) is 83.5 Å². The zero-order valence-corrected chi connectivity index (χ0v) is 31.0. The second kappa shape index (κ2) is 16.2. The van der Waals surface area contributed by atoms with Crippen LogP contribution >= 0.6 is 0 Å². The average molecular weight is 708 g/mol. The number of nitrogens with zero attached hydrogens (tertiary/aromatic N) is 1. The summed E-state index contributed by atoms with van der Waals surface area (Å²) in [4.78, 5) is 110. The van der Waals surface area contributed by atoms with E-state index >= 15 is 24.0 Å². The van der Waals surface area contributed by atoms with Gasteiger partial charge in [0.15, 0.2) is 28.5 Å². The lowest BCUT2D eigenvalue weighted by molar-refractivity contribution is -0.191. The van der Waals surface area contributed by atoms with E-state index in [0.29, 0.717) is 133 Å². The van der Waals surface area contributed by atoms with E-state index in [-0.39, 0.29) is 6.42 Å². The molecule has 0 heterocycles. The van der Waals surface area contributed by atoms with Crippen LogP contribution < -0.4 is 0 Å². The molecule has 0 spiro atoms. The Labute approximate surface area is 303 Å². The van der Waals surface area contributed by atoms with Gasteiger partial charge >= 0.3 is 0 Å². The standard InChI is InChI=1S/C42H61NO8/c1-2-33(44)41(34(45)27-15-3-4-16-27,35(46)28-17-5-6-18-28)42(36(47)29-19-7-8-20-29,37(48)30-21-9-10-22-30)40(51)43(38(49)31-23-11-12-24-31)39(50)32-25-13-14-26-32/h27-33,44H,2-26H2,1H3. The number of hydrogen-bond acceptors (Lipinski definition) is 8. The van der Waals surface area contributed by atoms with E-state index in [1.807, 2.05) is 0 Å². The third-order valence-corrected chi connectivity index (χ3v) is 14.3. The lowest BCUT2D eigenvalue weighted by Gasteiger charge is -2.52. The van der Waals surface area contributed by atoms with Crippen molar-refractivity contribution < 1.29 is 38.7 Å². The van der Waals surface area contributed by atoms with Gasteiger partial charge in [-0.1, -0.05) is 84.0 Å². The summed E-state index contributed by atoms with van der Waals surface area (Å²) in [6.45, 7) is 1.63. The Bertz CT molecular complexity index is 1260. The van der Waals surface area contributed by atoms with Gasteiger partial charge in [0.2, 0.25) is 11.8 Å². The minimum absolute atomic E-state index is 0.144. The van der Waals surface area contributed by atoms with Crippen LogP contribution in [0.2, 0.25) is 0 Å². The molecule has 0 saturated heterocycles. The van der Waals surface area contributed by atoms with Crippen molar-refractivity contribution in [2.24, 2.45) is 46.3 Å². The van der Waals surface area contributed by atoms with E-state index in [1.165, 1.54) is 0 Å². The largest absolute Gasteiger partial charge is 0.392 e. The van der Waals surface area contributed by atoms with Gasteiger partial charge in [-0.25, -0.2) is 4.90 Å². The molecule has 0 aromatic heterocycles. The molecule has 1 atom stereocenters. The summed E-state index contributed by atoms with van der Waals surface area (Å²) in [7, 11) is 0. The molecule has 6 saturated carbocycles. The highest BCUT2D eigenvalue weighted by Crippen LogP contribution is 2.58. The van der Waals surface area contributed by atoms with Crippen molar-refractivity contribution in [1.29, 1.82) is 0 Å². The molecular formula is C42H61NO8. The van der Waals surface area contributed by atoms with Gasteiger partial charge in [0.1, 0.15) is 5.41 Å². The first-order valence-electron chi connectivity index (χ1n) is 20.9. The molecule has 0 bridgehead atoms. The Morgan fingerprint density at radius 2 is 0.725 bits per heavy atom. The van der Waals surface area contributed by atoms with Crippen molar-refractivity contribution in [1.82, 2.24) is 4.90 Å². The second-order valence-electron chi connectivity index (χ2n) is 17.1. The molecular weight excluding hydrogens is 646 g/mol. The topological polar surface area (TPSA) is 143 Å². The average Bonchev–Trinajstić information content (AvgIpc) is 4.01. The second-order valence-corrected chi connectivity index (χ2v) is 17.1. The van der Waals surface area contributed by atoms with Crippen molar-refractivity contribution in [2.75, 3.05) is 0 Å². The zero-order valence-electron chi connectivity index (χ0n) is 31.0. The van der Waals surface area contributed by atoms with Crippen molar-refractivity contribution in [2.45, 2.75) is 174 Å². The molecule has 282 valence electrons. The Balaban J connectivity index is 1.70. The molecule has 9 heteroatoms. The number of amides is 3. The molecule has 9 nitrogen and oxygen atoms in total. The number of carbonyl (C=O) groups is 7. The van der Waals surface area contributed by atoms with Gasteiger partial charge in [0.25, 0.3) is 5.91 Å². The van der Waals surface area contributed by atoms with Gasteiger partial charge in [-0.2, -0.15) is 0 Å². The maximum Gasteiger partial charge on any atom is 0.258 e. The molecule has 0 aromatic rings. The molecule has 3 amide bonds. The van der Waals surface area contributed by atoms with Gasteiger partial charge < -0.3 is 5.11 Å². The van der Waals surface area contributed by atoms with Gasteiger partial charge in [0, 0.05) is 35.5 Å². The highest BCUT2D eigenvalue weighted by molar-refractivity contribution is 6.36. The van der Waals surface area contributed by atoms with Crippen LogP contribution in [0.5, 0.6) is 0 Å². The smallest absolute Gasteiger partial charge is 0.258 e. The summed E-state index contributed by atoms with van der Waals surface area (Å²) in [6, 6.07) is 0. The van der Waals surface area contributed by atoms with Gasteiger partial charge in [-0.3, -0.25) is 33.6 Å². The molecule has 0 aliphatic heterocycles. The van der Waals surface area contributed by atoms with Crippen LogP contribution in [0.25, 0.3) is 0 Å².